The molecule has 1 amide bonds. The Bertz CT molecular complexity index is 1040. The highest BCUT2D eigenvalue weighted by molar-refractivity contribution is 8.01. The summed E-state index contributed by atoms with van der Waals surface area (Å²) in [5, 5.41) is 6.62. The molecule has 1 atom stereocenters. The van der Waals surface area contributed by atoms with E-state index in [4.69, 9.17) is 0 Å². The van der Waals surface area contributed by atoms with Crippen LogP contribution in [-0.2, 0) is 9.67 Å². The zero-order valence-electron chi connectivity index (χ0n) is 20.8. The van der Waals surface area contributed by atoms with Gasteiger partial charge in [-0.2, -0.15) is 0 Å². The molecule has 0 radical (unpaired) electrons. The molecular weight excluding hydrogens is 464 g/mol. The highest BCUT2D eigenvalue weighted by Gasteiger charge is 2.43. The normalized spacial score (nSPS) is 21.0. The van der Waals surface area contributed by atoms with Crippen molar-refractivity contribution in [2.45, 2.75) is 30.1 Å². The van der Waals surface area contributed by atoms with Gasteiger partial charge in [-0.15, -0.1) is 11.8 Å². The number of carbonyl (C=O) groups is 1. The molecule has 0 spiro atoms. The Morgan fingerprint density at radius 3 is 2.31 bits per heavy atom. The van der Waals surface area contributed by atoms with Gasteiger partial charge in [0.05, 0.1) is 0 Å². The Balaban J connectivity index is 1.12. The maximum absolute atomic E-state index is 13.2. The van der Waals surface area contributed by atoms with E-state index in [9.17, 15) is 4.79 Å². The van der Waals surface area contributed by atoms with Crippen molar-refractivity contribution in [2.24, 2.45) is 5.92 Å². The molecule has 1 aromatic heterocycles. The summed E-state index contributed by atoms with van der Waals surface area (Å²) in [5.74, 6) is 2.07. The van der Waals surface area contributed by atoms with Gasteiger partial charge in [-0.3, -0.25) is 15.1 Å². The van der Waals surface area contributed by atoms with Gasteiger partial charge < -0.3 is 10.2 Å². The zero-order valence-corrected chi connectivity index (χ0v) is 21.6. The van der Waals surface area contributed by atoms with E-state index in [-0.39, 0.29) is 5.91 Å². The Hall–Kier alpha value is -2.67. The summed E-state index contributed by atoms with van der Waals surface area (Å²) in [6, 6.07) is 25.9. The number of amides is 1. The number of nitrogens with zero attached hydrogens (tertiary/aromatic N) is 2. The largest absolute Gasteiger partial charge is 0.353 e. The van der Waals surface area contributed by atoms with Crippen LogP contribution in [0.4, 0.5) is 0 Å². The predicted octanol–water partition coefficient (Wildman–Crippen LogP) is 4.62. The predicted molar refractivity (Wildman–Crippen MR) is 148 cm³/mol. The maximum Gasteiger partial charge on any atom is 0.255 e. The number of pyridine rings is 1. The highest BCUT2D eigenvalue weighted by Crippen LogP contribution is 2.38. The lowest BCUT2D eigenvalue weighted by Crippen LogP contribution is -2.49. The van der Waals surface area contributed by atoms with E-state index in [2.05, 4.69) is 81.2 Å². The number of nitrogens with one attached hydrogen (secondary N) is 2. The number of rotatable bonds is 9. The summed E-state index contributed by atoms with van der Waals surface area (Å²) in [6.07, 6.45) is 6.91. The number of piperidine rings is 1. The second kappa shape index (κ2) is 12.0. The van der Waals surface area contributed by atoms with Crippen LogP contribution < -0.4 is 10.6 Å². The van der Waals surface area contributed by atoms with Gasteiger partial charge in [-0.25, -0.2) is 0 Å². The van der Waals surface area contributed by atoms with Crippen LogP contribution >= 0.6 is 11.8 Å². The van der Waals surface area contributed by atoms with E-state index in [0.29, 0.717) is 18.4 Å². The molecular formula is C30H36N4OS. The molecule has 5 nitrogen and oxygen atoms in total. The third-order valence-electron chi connectivity index (χ3n) is 7.54. The second-order valence-electron chi connectivity index (χ2n) is 9.79. The molecule has 0 bridgehead atoms. The van der Waals surface area contributed by atoms with Crippen molar-refractivity contribution >= 4 is 17.7 Å². The number of aromatic nitrogens is 1. The van der Waals surface area contributed by atoms with Gasteiger partial charge in [0.1, 0.15) is 0 Å². The zero-order chi connectivity index (χ0) is 24.6. The van der Waals surface area contributed by atoms with Crippen LogP contribution in [0.1, 0.15) is 41.9 Å². The third-order valence-corrected chi connectivity index (χ3v) is 8.95. The standard InChI is InChI=1S/C30H36N4OS/c35-29(30(33-18-22-36-30)27-13-7-16-31-23-27)32-17-8-19-34-20-14-26(15-21-34)28(24-9-3-1-4-10-24)25-11-5-2-6-12-25/h1-7,9-13,16,23,26,28,33H,8,14-15,17-22H2,(H,32,35)/t30-/m1/s1. The van der Waals surface area contributed by atoms with E-state index in [0.717, 1.165) is 43.9 Å². The van der Waals surface area contributed by atoms with Gasteiger partial charge in [-0.05, 0) is 62.0 Å². The van der Waals surface area contributed by atoms with Gasteiger partial charge in [0, 0.05) is 42.7 Å². The molecule has 188 valence electrons. The molecule has 6 heteroatoms. The van der Waals surface area contributed by atoms with Crippen LogP contribution in [0.2, 0.25) is 0 Å². The third kappa shape index (κ3) is 5.66. The minimum absolute atomic E-state index is 0.0465. The molecule has 36 heavy (non-hydrogen) atoms. The Labute approximate surface area is 219 Å². The molecule has 0 aliphatic carbocycles. The van der Waals surface area contributed by atoms with Gasteiger partial charge in [0.15, 0.2) is 4.87 Å². The first kappa shape index (κ1) is 25.0. The van der Waals surface area contributed by atoms with Crippen molar-refractivity contribution < 1.29 is 4.79 Å². The molecule has 5 rings (SSSR count). The van der Waals surface area contributed by atoms with Crippen LogP contribution in [0.5, 0.6) is 0 Å². The Morgan fingerprint density at radius 2 is 1.72 bits per heavy atom. The first-order chi connectivity index (χ1) is 17.8. The van der Waals surface area contributed by atoms with Crippen LogP contribution in [0.25, 0.3) is 0 Å². The lowest BCUT2D eigenvalue weighted by molar-refractivity contribution is -0.124. The molecule has 0 unspecified atom stereocenters. The number of hydrogen-bond donors (Lipinski definition) is 2. The molecule has 3 aromatic rings. The fourth-order valence-electron chi connectivity index (χ4n) is 5.71. The van der Waals surface area contributed by atoms with Crippen molar-refractivity contribution in [1.82, 2.24) is 20.5 Å². The van der Waals surface area contributed by atoms with Gasteiger partial charge in [0.2, 0.25) is 0 Å². The van der Waals surface area contributed by atoms with E-state index >= 15 is 0 Å². The number of carbonyl (C=O) groups excluding carboxylic acids is 1. The van der Waals surface area contributed by atoms with Crippen LogP contribution in [0.15, 0.2) is 85.2 Å². The SMILES string of the molecule is O=C(NCCCN1CCC(C(c2ccccc2)c2ccccc2)CC1)[C@]1(c2cccnc2)NCCS1. The monoisotopic (exact) mass is 500 g/mol. The number of hydrogen-bond acceptors (Lipinski definition) is 5. The highest BCUT2D eigenvalue weighted by atomic mass is 32.2. The molecule has 2 aromatic carbocycles. The average Bonchev–Trinajstić information content (AvgIpc) is 3.45. The summed E-state index contributed by atoms with van der Waals surface area (Å²) < 4.78 is 0. The topological polar surface area (TPSA) is 57.3 Å². The fraction of sp³-hybridized carbons (Fsp3) is 0.400. The average molecular weight is 501 g/mol. The van der Waals surface area contributed by atoms with Crippen LogP contribution in [0, 0.1) is 5.92 Å². The second-order valence-corrected chi connectivity index (χ2v) is 11.1. The van der Waals surface area contributed by atoms with E-state index in [1.54, 1.807) is 24.2 Å². The molecule has 2 fully saturated rings. The smallest absolute Gasteiger partial charge is 0.255 e. The maximum atomic E-state index is 13.2. The summed E-state index contributed by atoms with van der Waals surface area (Å²) in [4.78, 5) is 19.3. The van der Waals surface area contributed by atoms with Gasteiger partial charge in [-0.1, -0.05) is 66.7 Å². The molecule has 2 N–H and O–H groups in total. The van der Waals surface area contributed by atoms with Crippen molar-refractivity contribution in [3.8, 4) is 0 Å². The van der Waals surface area contributed by atoms with Gasteiger partial charge >= 0.3 is 0 Å². The van der Waals surface area contributed by atoms with Crippen molar-refractivity contribution in [1.29, 1.82) is 0 Å². The lowest BCUT2D eigenvalue weighted by atomic mass is 9.76. The Kier molecular flexibility index (Phi) is 8.36. The van der Waals surface area contributed by atoms with E-state index in [1.165, 1.54) is 24.0 Å². The molecule has 2 saturated heterocycles. The lowest BCUT2D eigenvalue weighted by Gasteiger charge is -2.36. The van der Waals surface area contributed by atoms with Crippen molar-refractivity contribution in [2.75, 3.05) is 38.5 Å². The summed E-state index contributed by atoms with van der Waals surface area (Å²) >= 11 is 1.66. The van der Waals surface area contributed by atoms with Crippen molar-refractivity contribution in [3.05, 3.63) is 102 Å². The first-order valence-corrected chi connectivity index (χ1v) is 14.1. The summed E-state index contributed by atoms with van der Waals surface area (Å²) in [6.45, 7) is 4.78. The minimum Gasteiger partial charge on any atom is -0.353 e. The number of likely N-dealkylation sites (tertiary alicyclic amines) is 1. The Morgan fingerprint density at radius 1 is 1.03 bits per heavy atom. The quantitative estimate of drug-likeness (QED) is 0.420. The van der Waals surface area contributed by atoms with Gasteiger partial charge in [0.25, 0.3) is 5.91 Å². The van der Waals surface area contributed by atoms with Crippen LogP contribution in [0.3, 0.4) is 0 Å². The minimum atomic E-state index is -0.712. The van der Waals surface area contributed by atoms with E-state index < -0.39 is 4.87 Å². The molecule has 3 heterocycles. The number of benzene rings is 2. The van der Waals surface area contributed by atoms with Crippen molar-refractivity contribution in [3.63, 3.8) is 0 Å². The first-order valence-electron chi connectivity index (χ1n) is 13.2. The van der Waals surface area contributed by atoms with Crippen LogP contribution in [-0.4, -0.2) is 54.3 Å². The summed E-state index contributed by atoms with van der Waals surface area (Å²) in [7, 11) is 0. The van der Waals surface area contributed by atoms with E-state index in [1.807, 2.05) is 12.1 Å². The molecule has 2 aliphatic heterocycles. The molecule has 2 aliphatic rings. The summed E-state index contributed by atoms with van der Waals surface area (Å²) in [5.41, 5.74) is 3.77. The molecule has 0 saturated carbocycles. The fourth-order valence-corrected chi connectivity index (χ4v) is 6.92. The number of thioether (sulfide) groups is 1.